The Hall–Kier alpha value is -1.89. The number of nitriles is 1. The molecule has 0 radical (unpaired) electrons. The molecule has 0 fully saturated rings. The average molecular weight is 175 g/mol. The largest absolute Gasteiger partial charge is 0.550 e. The third-order valence-electron chi connectivity index (χ3n) is 1.75. The van der Waals surface area contributed by atoms with Crippen molar-refractivity contribution in [3.8, 4) is 6.07 Å². The first kappa shape index (κ1) is 9.20. The van der Waals surface area contributed by atoms with Crippen LogP contribution in [0.5, 0.6) is 0 Å². The number of aliphatic carboxylic acids is 1. The van der Waals surface area contributed by atoms with E-state index >= 15 is 0 Å². The zero-order chi connectivity index (χ0) is 9.84. The van der Waals surface area contributed by atoms with Crippen LogP contribution in [0.1, 0.15) is 24.1 Å². The predicted octanol–water partition coefficient (Wildman–Crippen LogP) is -0.193. The molecule has 0 amide bonds. The summed E-state index contributed by atoms with van der Waals surface area (Å²) in [4.78, 5) is 14.2. The van der Waals surface area contributed by atoms with E-state index in [4.69, 9.17) is 5.26 Å². The number of carbonyl (C=O) groups excluding carboxylic acids is 1. The molecule has 0 N–H and O–H groups in total. The molecular weight excluding hydrogens is 168 g/mol. The van der Waals surface area contributed by atoms with E-state index in [9.17, 15) is 9.90 Å². The fraction of sp³-hybridized carbons (Fsp3) is 0.222. The summed E-state index contributed by atoms with van der Waals surface area (Å²) in [5.74, 6) is -1.87. The van der Waals surface area contributed by atoms with Gasteiger partial charge < -0.3 is 9.90 Å². The highest BCUT2D eigenvalue weighted by Gasteiger charge is 2.06. The zero-order valence-corrected chi connectivity index (χ0v) is 7.02. The molecule has 0 saturated heterocycles. The third kappa shape index (κ3) is 2.03. The molecule has 0 aliphatic rings. The molecule has 1 aromatic heterocycles. The van der Waals surface area contributed by atoms with Gasteiger partial charge in [0.2, 0.25) is 0 Å². The second-order valence-corrected chi connectivity index (χ2v) is 2.63. The van der Waals surface area contributed by atoms with Crippen LogP contribution in [0.25, 0.3) is 0 Å². The fourth-order valence-corrected chi connectivity index (χ4v) is 0.913. The van der Waals surface area contributed by atoms with E-state index in [-0.39, 0.29) is 5.69 Å². The molecule has 4 nitrogen and oxygen atoms in total. The standard InChI is InChI=1S/C9H8N2O2/c1-6(9(12)13)7-2-3-11-8(4-7)5-10/h2-4,6H,1H3,(H,12,13)/p-1. The lowest BCUT2D eigenvalue weighted by molar-refractivity contribution is -0.307. The lowest BCUT2D eigenvalue weighted by Crippen LogP contribution is -2.28. The number of hydrogen-bond acceptors (Lipinski definition) is 4. The number of hydrogen-bond donors (Lipinski definition) is 0. The Labute approximate surface area is 75.5 Å². The summed E-state index contributed by atoms with van der Waals surface area (Å²) in [7, 11) is 0. The normalized spacial score (nSPS) is 11.7. The number of carboxylic acid groups (broad SMARTS) is 1. The Morgan fingerprint density at radius 3 is 3.00 bits per heavy atom. The SMILES string of the molecule is CC(C(=O)[O-])c1ccnc(C#N)c1. The predicted molar refractivity (Wildman–Crippen MR) is 42.4 cm³/mol. The van der Waals surface area contributed by atoms with E-state index in [1.807, 2.05) is 6.07 Å². The molecule has 0 spiro atoms. The van der Waals surface area contributed by atoms with Gasteiger partial charge in [0.15, 0.2) is 0 Å². The summed E-state index contributed by atoms with van der Waals surface area (Å²) in [5.41, 5.74) is 0.747. The lowest BCUT2D eigenvalue weighted by atomic mass is 10.0. The average Bonchev–Trinajstić information content (AvgIpc) is 2.16. The molecule has 0 aliphatic carbocycles. The van der Waals surface area contributed by atoms with Crippen LogP contribution in [0.3, 0.4) is 0 Å². The van der Waals surface area contributed by atoms with Crippen LogP contribution < -0.4 is 5.11 Å². The molecule has 1 unspecified atom stereocenters. The molecule has 13 heavy (non-hydrogen) atoms. The smallest absolute Gasteiger partial charge is 0.140 e. The van der Waals surface area contributed by atoms with Gasteiger partial charge in [0, 0.05) is 18.1 Å². The molecule has 4 heteroatoms. The van der Waals surface area contributed by atoms with Crippen LogP contribution in [0.4, 0.5) is 0 Å². The molecule has 1 aromatic rings. The Morgan fingerprint density at radius 1 is 1.77 bits per heavy atom. The highest BCUT2D eigenvalue weighted by Crippen LogP contribution is 2.13. The highest BCUT2D eigenvalue weighted by molar-refractivity contribution is 5.73. The number of carbonyl (C=O) groups is 1. The van der Waals surface area contributed by atoms with E-state index in [1.54, 1.807) is 6.07 Å². The minimum Gasteiger partial charge on any atom is -0.550 e. The quantitative estimate of drug-likeness (QED) is 0.624. The van der Waals surface area contributed by atoms with Crippen molar-refractivity contribution < 1.29 is 9.90 Å². The third-order valence-corrected chi connectivity index (χ3v) is 1.75. The molecule has 1 rings (SSSR count). The van der Waals surface area contributed by atoms with Crippen molar-refractivity contribution in [1.82, 2.24) is 4.98 Å². The molecule has 1 heterocycles. The summed E-state index contributed by atoms with van der Waals surface area (Å²) < 4.78 is 0. The van der Waals surface area contributed by atoms with Gasteiger partial charge in [0.25, 0.3) is 0 Å². The van der Waals surface area contributed by atoms with Crippen LogP contribution in [-0.2, 0) is 4.79 Å². The monoisotopic (exact) mass is 175 g/mol. The van der Waals surface area contributed by atoms with Crippen molar-refractivity contribution in [2.45, 2.75) is 12.8 Å². The van der Waals surface area contributed by atoms with Crippen LogP contribution in [-0.4, -0.2) is 11.0 Å². The van der Waals surface area contributed by atoms with Crippen molar-refractivity contribution in [3.05, 3.63) is 29.6 Å². The van der Waals surface area contributed by atoms with Crippen LogP contribution in [0, 0.1) is 11.3 Å². The maximum atomic E-state index is 10.5. The van der Waals surface area contributed by atoms with E-state index in [1.165, 1.54) is 19.2 Å². The molecule has 1 atom stereocenters. The molecule has 0 aliphatic heterocycles. The minimum atomic E-state index is -1.16. The summed E-state index contributed by atoms with van der Waals surface area (Å²) >= 11 is 0. The Balaban J connectivity index is 3.03. The van der Waals surface area contributed by atoms with E-state index < -0.39 is 11.9 Å². The minimum absolute atomic E-state index is 0.214. The molecule has 0 saturated carbocycles. The maximum absolute atomic E-state index is 10.5. The van der Waals surface area contributed by atoms with Gasteiger partial charge in [-0.25, -0.2) is 4.98 Å². The van der Waals surface area contributed by atoms with Crippen molar-refractivity contribution in [3.63, 3.8) is 0 Å². The van der Waals surface area contributed by atoms with Gasteiger partial charge in [0.05, 0.1) is 0 Å². The maximum Gasteiger partial charge on any atom is 0.140 e. The number of pyridine rings is 1. The molecular formula is C9H7N2O2-. The van der Waals surface area contributed by atoms with E-state index in [0.29, 0.717) is 5.56 Å². The van der Waals surface area contributed by atoms with Crippen LogP contribution in [0.15, 0.2) is 18.3 Å². The van der Waals surface area contributed by atoms with Gasteiger partial charge in [-0.1, -0.05) is 6.92 Å². The topological polar surface area (TPSA) is 76.8 Å². The van der Waals surface area contributed by atoms with Gasteiger partial charge in [-0.3, -0.25) is 0 Å². The Morgan fingerprint density at radius 2 is 2.46 bits per heavy atom. The van der Waals surface area contributed by atoms with Crippen LogP contribution >= 0.6 is 0 Å². The van der Waals surface area contributed by atoms with E-state index in [2.05, 4.69) is 4.98 Å². The molecule has 0 bridgehead atoms. The first-order valence-electron chi connectivity index (χ1n) is 3.72. The van der Waals surface area contributed by atoms with Gasteiger partial charge in [0.1, 0.15) is 11.8 Å². The first-order valence-corrected chi connectivity index (χ1v) is 3.72. The molecule has 66 valence electrons. The summed E-state index contributed by atoms with van der Waals surface area (Å²) in [5, 5.41) is 19.0. The number of aromatic nitrogens is 1. The van der Waals surface area contributed by atoms with Crippen molar-refractivity contribution in [2.75, 3.05) is 0 Å². The number of rotatable bonds is 2. The van der Waals surface area contributed by atoms with Crippen molar-refractivity contribution in [2.24, 2.45) is 0 Å². The summed E-state index contributed by atoms with van der Waals surface area (Å²) in [6, 6.07) is 4.84. The van der Waals surface area contributed by atoms with Gasteiger partial charge in [-0.2, -0.15) is 5.26 Å². The second kappa shape index (κ2) is 3.68. The van der Waals surface area contributed by atoms with E-state index in [0.717, 1.165) is 0 Å². The Bertz CT molecular complexity index is 368. The lowest BCUT2D eigenvalue weighted by Gasteiger charge is -2.11. The zero-order valence-electron chi connectivity index (χ0n) is 7.02. The molecule has 0 aromatic carbocycles. The Kier molecular flexibility index (Phi) is 2.60. The number of carboxylic acids is 1. The van der Waals surface area contributed by atoms with Crippen LogP contribution in [0.2, 0.25) is 0 Å². The van der Waals surface area contributed by atoms with Crippen molar-refractivity contribution in [1.29, 1.82) is 5.26 Å². The van der Waals surface area contributed by atoms with Gasteiger partial charge >= 0.3 is 0 Å². The number of nitrogens with zero attached hydrogens (tertiary/aromatic N) is 2. The van der Waals surface area contributed by atoms with Gasteiger partial charge in [-0.15, -0.1) is 0 Å². The fourth-order valence-electron chi connectivity index (χ4n) is 0.913. The highest BCUT2D eigenvalue weighted by atomic mass is 16.4. The summed E-state index contributed by atoms with van der Waals surface area (Å²) in [6.45, 7) is 1.51. The van der Waals surface area contributed by atoms with Crippen molar-refractivity contribution >= 4 is 5.97 Å². The summed E-state index contributed by atoms with van der Waals surface area (Å²) in [6.07, 6.45) is 1.41. The second-order valence-electron chi connectivity index (χ2n) is 2.63. The first-order chi connectivity index (χ1) is 6.15. The van der Waals surface area contributed by atoms with Gasteiger partial charge in [-0.05, 0) is 17.7 Å².